The normalized spacial score (nSPS) is 17.7. The number of likely N-dealkylation sites (tertiary alicyclic amines) is 1. The number of hydrogen-bond donors (Lipinski definition) is 2. The molecular weight excluding hydrogens is 387 g/mol. The topological polar surface area (TPSA) is 95.6 Å². The van der Waals surface area contributed by atoms with Crippen LogP contribution in [0.25, 0.3) is 0 Å². The van der Waals surface area contributed by atoms with Crippen molar-refractivity contribution in [2.75, 3.05) is 24.7 Å². The number of halogens is 3. The summed E-state index contributed by atoms with van der Waals surface area (Å²) < 4.78 is 60.1. The molecule has 1 atom stereocenters. The van der Waals surface area contributed by atoms with Gasteiger partial charge < -0.3 is 15.5 Å². The van der Waals surface area contributed by atoms with Gasteiger partial charge in [-0.3, -0.25) is 4.79 Å². The molecule has 1 aromatic rings. The Kier molecular flexibility index (Phi) is 6.03. The molecule has 7 nitrogen and oxygen atoms in total. The SMILES string of the molecule is Cc1ccc(S(C)(=O)=O)cc1NC(=O)N1CCCC1C(=O)NCC(F)(F)F. The lowest BCUT2D eigenvalue weighted by Crippen LogP contribution is -2.49. The first-order valence-electron chi connectivity index (χ1n) is 8.11. The molecule has 2 N–H and O–H groups in total. The molecule has 27 heavy (non-hydrogen) atoms. The van der Waals surface area contributed by atoms with Crippen molar-refractivity contribution >= 4 is 27.5 Å². The summed E-state index contributed by atoms with van der Waals surface area (Å²) in [6.45, 7) is 0.410. The van der Waals surface area contributed by atoms with E-state index < -0.39 is 40.5 Å². The highest BCUT2D eigenvalue weighted by molar-refractivity contribution is 7.90. The number of nitrogens with zero attached hydrogens (tertiary/aromatic N) is 1. The minimum absolute atomic E-state index is 0.0179. The Morgan fingerprint density at radius 3 is 2.56 bits per heavy atom. The summed E-state index contributed by atoms with van der Waals surface area (Å²) in [6.07, 6.45) is -2.78. The van der Waals surface area contributed by atoms with Crippen LogP contribution in [-0.2, 0) is 14.6 Å². The van der Waals surface area contributed by atoms with Gasteiger partial charge in [-0.1, -0.05) is 6.07 Å². The van der Waals surface area contributed by atoms with Gasteiger partial charge in [-0.05, 0) is 37.5 Å². The second-order valence-electron chi connectivity index (χ2n) is 6.36. The lowest BCUT2D eigenvalue weighted by atomic mass is 10.2. The molecule has 0 spiro atoms. The molecule has 0 saturated carbocycles. The van der Waals surface area contributed by atoms with Gasteiger partial charge in [-0.2, -0.15) is 13.2 Å². The zero-order chi connectivity index (χ0) is 20.4. The Morgan fingerprint density at radius 1 is 1.30 bits per heavy atom. The number of carbonyl (C=O) groups is 2. The summed E-state index contributed by atoms with van der Waals surface area (Å²) in [5, 5.41) is 4.33. The van der Waals surface area contributed by atoms with E-state index in [4.69, 9.17) is 0 Å². The average molecular weight is 407 g/mol. The predicted octanol–water partition coefficient (Wildman–Crippen LogP) is 2.07. The largest absolute Gasteiger partial charge is 0.405 e. The Hall–Kier alpha value is -2.30. The predicted molar refractivity (Wildman–Crippen MR) is 92.1 cm³/mol. The van der Waals surface area contributed by atoms with Crippen molar-refractivity contribution in [1.29, 1.82) is 0 Å². The third kappa shape index (κ3) is 5.59. The van der Waals surface area contributed by atoms with Gasteiger partial charge in [0.15, 0.2) is 9.84 Å². The molecule has 0 radical (unpaired) electrons. The van der Waals surface area contributed by atoms with Crippen molar-refractivity contribution in [2.24, 2.45) is 0 Å². The Balaban J connectivity index is 2.12. The first-order chi connectivity index (χ1) is 12.4. The third-order valence-corrected chi connectivity index (χ3v) is 5.27. The molecule has 1 aromatic carbocycles. The van der Waals surface area contributed by atoms with Crippen molar-refractivity contribution in [2.45, 2.75) is 36.9 Å². The number of sulfone groups is 1. The van der Waals surface area contributed by atoms with Gasteiger partial charge in [0.2, 0.25) is 5.91 Å². The highest BCUT2D eigenvalue weighted by Crippen LogP contribution is 2.23. The monoisotopic (exact) mass is 407 g/mol. The second-order valence-corrected chi connectivity index (χ2v) is 8.38. The van der Waals surface area contributed by atoms with Crippen LogP contribution < -0.4 is 10.6 Å². The molecule has 0 bridgehead atoms. The van der Waals surface area contributed by atoms with E-state index in [9.17, 15) is 31.2 Å². The van der Waals surface area contributed by atoms with Crippen LogP contribution in [0.4, 0.5) is 23.7 Å². The van der Waals surface area contributed by atoms with Crippen molar-refractivity contribution in [3.05, 3.63) is 23.8 Å². The van der Waals surface area contributed by atoms with E-state index in [0.29, 0.717) is 12.0 Å². The molecule has 1 aliphatic rings. The van der Waals surface area contributed by atoms with Crippen molar-refractivity contribution in [1.82, 2.24) is 10.2 Å². The lowest BCUT2D eigenvalue weighted by molar-refractivity contribution is -0.140. The van der Waals surface area contributed by atoms with Gasteiger partial charge in [0, 0.05) is 18.5 Å². The van der Waals surface area contributed by atoms with E-state index in [1.54, 1.807) is 12.2 Å². The first-order valence-corrected chi connectivity index (χ1v) is 10.0. The van der Waals surface area contributed by atoms with E-state index >= 15 is 0 Å². The molecule has 1 fully saturated rings. The summed E-state index contributed by atoms with van der Waals surface area (Å²) in [6, 6.07) is 2.56. The smallest absolute Gasteiger partial charge is 0.345 e. The van der Waals surface area contributed by atoms with Crippen LogP contribution in [0.15, 0.2) is 23.1 Å². The highest BCUT2D eigenvalue weighted by atomic mass is 32.2. The first kappa shape index (κ1) is 21.0. The minimum atomic E-state index is -4.54. The van der Waals surface area contributed by atoms with Crippen LogP contribution in [0.1, 0.15) is 18.4 Å². The fraction of sp³-hybridized carbons (Fsp3) is 0.500. The number of hydrogen-bond acceptors (Lipinski definition) is 4. The fourth-order valence-electron chi connectivity index (χ4n) is 2.74. The quantitative estimate of drug-likeness (QED) is 0.799. The number of aryl methyl sites for hydroxylation is 1. The number of anilines is 1. The van der Waals surface area contributed by atoms with Gasteiger partial charge in [0.25, 0.3) is 0 Å². The summed E-state index contributed by atoms with van der Waals surface area (Å²) in [4.78, 5) is 25.7. The number of carbonyl (C=O) groups excluding carboxylic acids is 2. The molecule has 11 heteroatoms. The minimum Gasteiger partial charge on any atom is -0.345 e. The number of nitrogens with one attached hydrogen (secondary N) is 2. The Labute approximate surface area is 154 Å². The molecule has 1 aliphatic heterocycles. The number of urea groups is 1. The molecule has 150 valence electrons. The summed E-state index contributed by atoms with van der Waals surface area (Å²) in [7, 11) is -3.48. The van der Waals surface area contributed by atoms with Crippen LogP contribution >= 0.6 is 0 Å². The van der Waals surface area contributed by atoms with Crippen molar-refractivity contribution in [3.8, 4) is 0 Å². The van der Waals surface area contributed by atoms with Gasteiger partial charge in [-0.15, -0.1) is 0 Å². The molecule has 1 unspecified atom stereocenters. The zero-order valence-corrected chi connectivity index (χ0v) is 15.6. The molecule has 2 rings (SSSR count). The van der Waals surface area contributed by atoms with Gasteiger partial charge in [0.1, 0.15) is 12.6 Å². The van der Waals surface area contributed by atoms with Crippen molar-refractivity contribution < 1.29 is 31.2 Å². The van der Waals surface area contributed by atoms with Crippen LogP contribution in [0.5, 0.6) is 0 Å². The van der Waals surface area contributed by atoms with E-state index in [1.807, 2.05) is 0 Å². The number of amides is 3. The van der Waals surface area contributed by atoms with Crippen LogP contribution in [-0.4, -0.2) is 56.8 Å². The summed E-state index contributed by atoms with van der Waals surface area (Å²) in [5.74, 6) is -0.874. The Morgan fingerprint density at radius 2 is 1.96 bits per heavy atom. The number of benzene rings is 1. The molecular formula is C16H20F3N3O4S. The molecule has 1 heterocycles. The van der Waals surface area contributed by atoms with Crippen LogP contribution in [0, 0.1) is 6.92 Å². The third-order valence-electron chi connectivity index (χ3n) is 4.16. The lowest BCUT2D eigenvalue weighted by Gasteiger charge is -2.25. The van der Waals surface area contributed by atoms with E-state index in [0.717, 1.165) is 11.2 Å². The summed E-state index contributed by atoms with van der Waals surface area (Å²) in [5.41, 5.74) is 0.859. The van der Waals surface area contributed by atoms with Gasteiger partial charge in [0.05, 0.1) is 4.90 Å². The maximum Gasteiger partial charge on any atom is 0.405 e. The average Bonchev–Trinajstić information content (AvgIpc) is 3.02. The van der Waals surface area contributed by atoms with Crippen LogP contribution in [0.3, 0.4) is 0 Å². The highest BCUT2D eigenvalue weighted by Gasteiger charge is 2.36. The van der Waals surface area contributed by atoms with Gasteiger partial charge in [-0.25, -0.2) is 13.2 Å². The maximum absolute atomic E-state index is 12.5. The number of rotatable bonds is 4. The van der Waals surface area contributed by atoms with Gasteiger partial charge >= 0.3 is 12.2 Å². The maximum atomic E-state index is 12.5. The molecule has 0 aliphatic carbocycles. The standard InChI is InChI=1S/C16H20F3N3O4S/c1-10-5-6-11(27(2,25)26)8-12(10)21-15(24)22-7-3-4-13(22)14(23)20-9-16(17,18)19/h5-6,8,13H,3-4,7,9H2,1-2H3,(H,20,23)(H,21,24). The zero-order valence-electron chi connectivity index (χ0n) is 14.8. The van der Waals surface area contributed by atoms with E-state index in [2.05, 4.69) is 5.32 Å². The molecule has 1 saturated heterocycles. The second kappa shape index (κ2) is 7.75. The van der Waals surface area contributed by atoms with Crippen LogP contribution in [0.2, 0.25) is 0 Å². The van der Waals surface area contributed by atoms with Crippen molar-refractivity contribution in [3.63, 3.8) is 0 Å². The molecule has 0 aromatic heterocycles. The number of alkyl halides is 3. The molecule has 3 amide bonds. The summed E-state index contributed by atoms with van der Waals surface area (Å²) >= 11 is 0. The van der Waals surface area contributed by atoms with E-state index in [-0.39, 0.29) is 23.5 Å². The Bertz CT molecular complexity index is 840. The van der Waals surface area contributed by atoms with E-state index in [1.165, 1.54) is 18.2 Å². The fourth-order valence-corrected chi connectivity index (χ4v) is 3.39.